The summed E-state index contributed by atoms with van der Waals surface area (Å²) in [5.74, 6) is 0. The molecule has 1 unspecified atom stereocenters. The number of nitrogens with one attached hydrogen (secondary N) is 1. The fraction of sp³-hybridized carbons (Fsp3) is 0.176. The molecule has 1 aliphatic rings. The summed E-state index contributed by atoms with van der Waals surface area (Å²) in [4.78, 5) is 0. The number of halogens is 1. The lowest BCUT2D eigenvalue weighted by atomic mass is 10.0. The number of aromatic nitrogens is 1. The molecule has 0 bridgehead atoms. The molecular weight excluding hydrogens is 300 g/mol. The van der Waals surface area contributed by atoms with Gasteiger partial charge < -0.3 is 9.88 Å². The molecule has 0 radical (unpaired) electrons. The van der Waals surface area contributed by atoms with Crippen molar-refractivity contribution in [2.75, 3.05) is 0 Å². The lowest BCUT2D eigenvalue weighted by Gasteiger charge is -2.18. The van der Waals surface area contributed by atoms with Gasteiger partial charge in [-0.1, -0.05) is 23.7 Å². The van der Waals surface area contributed by atoms with Gasteiger partial charge >= 0.3 is 0 Å². The highest BCUT2D eigenvalue weighted by Gasteiger charge is 2.24. The van der Waals surface area contributed by atoms with Crippen molar-refractivity contribution >= 4 is 22.9 Å². The van der Waals surface area contributed by atoms with E-state index in [0.29, 0.717) is 0 Å². The maximum atomic E-state index is 6.01. The molecule has 1 atom stereocenters. The van der Waals surface area contributed by atoms with E-state index in [9.17, 15) is 0 Å². The number of hydrogen-bond acceptors (Lipinski definition) is 2. The molecule has 0 aliphatic carbocycles. The zero-order valence-electron chi connectivity index (χ0n) is 11.6. The average molecular weight is 315 g/mol. The molecule has 1 aliphatic heterocycles. The van der Waals surface area contributed by atoms with Gasteiger partial charge in [-0.05, 0) is 47.7 Å². The molecular formula is C17H15ClN2S. The first-order valence-electron chi connectivity index (χ1n) is 6.97. The fourth-order valence-corrected chi connectivity index (χ4v) is 4.15. The van der Waals surface area contributed by atoms with E-state index in [-0.39, 0.29) is 6.04 Å². The van der Waals surface area contributed by atoms with Gasteiger partial charge in [0.1, 0.15) is 5.00 Å². The van der Waals surface area contributed by atoms with Gasteiger partial charge in [-0.25, -0.2) is 0 Å². The molecule has 0 saturated carbocycles. The summed E-state index contributed by atoms with van der Waals surface area (Å²) < 4.78 is 2.31. The second kappa shape index (κ2) is 5.02. The molecule has 0 amide bonds. The smallest absolute Gasteiger partial charge is 0.104 e. The number of benzene rings is 1. The van der Waals surface area contributed by atoms with E-state index in [2.05, 4.69) is 52.7 Å². The lowest BCUT2D eigenvalue weighted by molar-refractivity contribution is 0.600. The van der Waals surface area contributed by atoms with E-state index in [0.717, 1.165) is 11.6 Å². The normalized spacial score (nSPS) is 17.1. The minimum atomic E-state index is 0.191. The Kier molecular flexibility index (Phi) is 3.14. The SMILES string of the molecule is Cc1csc2c1CNC(c1ccc(Cl)cc1)c1cccn1-2. The van der Waals surface area contributed by atoms with Gasteiger partial charge in [0.15, 0.2) is 0 Å². The minimum Gasteiger partial charge on any atom is -0.310 e. The number of hydrogen-bond donors (Lipinski definition) is 1. The van der Waals surface area contributed by atoms with Crippen LogP contribution in [0.1, 0.15) is 28.4 Å². The molecule has 21 heavy (non-hydrogen) atoms. The Morgan fingerprint density at radius 2 is 2.05 bits per heavy atom. The van der Waals surface area contributed by atoms with Gasteiger partial charge in [0, 0.05) is 29.0 Å². The summed E-state index contributed by atoms with van der Waals surface area (Å²) in [6.07, 6.45) is 2.15. The number of rotatable bonds is 1. The molecule has 4 heteroatoms. The Labute approximate surface area is 133 Å². The van der Waals surface area contributed by atoms with Crippen molar-refractivity contribution in [3.05, 3.63) is 75.4 Å². The highest BCUT2D eigenvalue weighted by molar-refractivity contribution is 7.12. The minimum absolute atomic E-state index is 0.191. The predicted molar refractivity (Wildman–Crippen MR) is 88.5 cm³/mol. The number of thiophene rings is 1. The van der Waals surface area contributed by atoms with Crippen molar-refractivity contribution in [3.8, 4) is 5.00 Å². The van der Waals surface area contributed by atoms with Crippen molar-refractivity contribution in [2.24, 2.45) is 0 Å². The molecule has 2 nitrogen and oxygen atoms in total. The van der Waals surface area contributed by atoms with Gasteiger partial charge in [-0.15, -0.1) is 11.3 Å². The van der Waals surface area contributed by atoms with E-state index in [1.165, 1.54) is 27.4 Å². The largest absolute Gasteiger partial charge is 0.310 e. The molecule has 4 rings (SSSR count). The van der Waals surface area contributed by atoms with Crippen LogP contribution in [0.5, 0.6) is 0 Å². The van der Waals surface area contributed by atoms with Gasteiger partial charge in [0.05, 0.1) is 6.04 Å². The molecule has 0 spiro atoms. The predicted octanol–water partition coefficient (Wildman–Crippen LogP) is 4.69. The summed E-state index contributed by atoms with van der Waals surface area (Å²) in [7, 11) is 0. The van der Waals surface area contributed by atoms with Gasteiger partial charge in [-0.3, -0.25) is 0 Å². The molecule has 1 aromatic carbocycles. The number of fused-ring (bicyclic) bond motifs is 3. The molecule has 2 aromatic heterocycles. The third-order valence-electron chi connectivity index (χ3n) is 4.06. The van der Waals surface area contributed by atoms with Crippen LogP contribution in [0.15, 0.2) is 48.0 Å². The van der Waals surface area contributed by atoms with Crippen LogP contribution in [-0.4, -0.2) is 4.57 Å². The van der Waals surface area contributed by atoms with Crippen LogP contribution in [0.2, 0.25) is 5.02 Å². The summed E-state index contributed by atoms with van der Waals surface area (Å²) in [6.45, 7) is 3.07. The van der Waals surface area contributed by atoms with Gasteiger partial charge in [0.2, 0.25) is 0 Å². The van der Waals surface area contributed by atoms with Gasteiger partial charge in [0.25, 0.3) is 0 Å². The number of aryl methyl sites for hydroxylation is 1. The zero-order valence-corrected chi connectivity index (χ0v) is 13.2. The van der Waals surface area contributed by atoms with Crippen molar-refractivity contribution in [3.63, 3.8) is 0 Å². The van der Waals surface area contributed by atoms with E-state index < -0.39 is 0 Å². The highest BCUT2D eigenvalue weighted by Crippen LogP contribution is 2.35. The summed E-state index contributed by atoms with van der Waals surface area (Å²) in [6, 6.07) is 12.6. The standard InChI is InChI=1S/C17H15ClN2S/c1-11-10-21-17-14(11)9-19-16(15-3-2-8-20(15)17)12-4-6-13(18)7-5-12/h2-8,10,16,19H,9H2,1H3. The zero-order chi connectivity index (χ0) is 14.4. The van der Waals surface area contributed by atoms with Crippen LogP contribution >= 0.6 is 22.9 Å². The van der Waals surface area contributed by atoms with E-state index in [1.807, 2.05) is 23.5 Å². The molecule has 106 valence electrons. The van der Waals surface area contributed by atoms with Crippen LogP contribution in [-0.2, 0) is 6.54 Å². The van der Waals surface area contributed by atoms with Crippen molar-refractivity contribution in [1.82, 2.24) is 9.88 Å². The van der Waals surface area contributed by atoms with E-state index in [1.54, 1.807) is 0 Å². The summed E-state index contributed by atoms with van der Waals surface area (Å²) >= 11 is 7.83. The molecule has 0 fully saturated rings. The first-order valence-corrected chi connectivity index (χ1v) is 8.23. The molecule has 3 aromatic rings. The Morgan fingerprint density at radius 3 is 2.86 bits per heavy atom. The third-order valence-corrected chi connectivity index (χ3v) is 5.45. The highest BCUT2D eigenvalue weighted by atomic mass is 35.5. The Hall–Kier alpha value is -1.55. The van der Waals surface area contributed by atoms with Crippen LogP contribution in [0, 0.1) is 6.92 Å². The van der Waals surface area contributed by atoms with Crippen LogP contribution in [0.25, 0.3) is 5.00 Å². The van der Waals surface area contributed by atoms with Crippen molar-refractivity contribution in [2.45, 2.75) is 19.5 Å². The van der Waals surface area contributed by atoms with Crippen molar-refractivity contribution in [1.29, 1.82) is 0 Å². The quantitative estimate of drug-likeness (QED) is 0.689. The molecule has 0 saturated heterocycles. The fourth-order valence-electron chi connectivity index (χ4n) is 2.94. The van der Waals surface area contributed by atoms with E-state index in [4.69, 9.17) is 11.6 Å². The molecule has 3 heterocycles. The van der Waals surface area contributed by atoms with Crippen molar-refractivity contribution < 1.29 is 0 Å². The number of nitrogens with zero attached hydrogens (tertiary/aromatic N) is 1. The topological polar surface area (TPSA) is 17.0 Å². The maximum absolute atomic E-state index is 6.01. The van der Waals surface area contributed by atoms with E-state index >= 15 is 0 Å². The second-order valence-electron chi connectivity index (χ2n) is 5.37. The maximum Gasteiger partial charge on any atom is 0.104 e. The van der Waals surface area contributed by atoms with Crippen LogP contribution < -0.4 is 5.32 Å². The summed E-state index contributed by atoms with van der Waals surface area (Å²) in [5, 5.41) is 8.03. The van der Waals surface area contributed by atoms with Gasteiger partial charge in [-0.2, -0.15) is 0 Å². The average Bonchev–Trinajstić information content (AvgIpc) is 3.05. The monoisotopic (exact) mass is 314 g/mol. The Balaban J connectivity index is 1.85. The molecule has 1 N–H and O–H groups in total. The first kappa shape index (κ1) is 13.1. The first-order chi connectivity index (χ1) is 10.2. The third kappa shape index (κ3) is 2.13. The van der Waals surface area contributed by atoms with Crippen LogP contribution in [0.4, 0.5) is 0 Å². The second-order valence-corrected chi connectivity index (χ2v) is 6.67. The lowest BCUT2D eigenvalue weighted by Crippen LogP contribution is -2.21. The Morgan fingerprint density at radius 1 is 1.24 bits per heavy atom. The summed E-state index contributed by atoms with van der Waals surface area (Å²) in [5.41, 5.74) is 5.28. The van der Waals surface area contributed by atoms with Crippen LogP contribution in [0.3, 0.4) is 0 Å². The Bertz CT molecular complexity index is 785.